The zero-order valence-electron chi connectivity index (χ0n) is 10.5. The maximum absolute atomic E-state index is 11.8. The van der Waals surface area contributed by atoms with Gasteiger partial charge in [0.05, 0.1) is 12.3 Å². The molecule has 7 heteroatoms. The van der Waals surface area contributed by atoms with E-state index in [4.69, 9.17) is 21.5 Å². The molecule has 0 aromatic carbocycles. The summed E-state index contributed by atoms with van der Waals surface area (Å²) in [5.41, 5.74) is 12.7. The average Bonchev–Trinajstić information content (AvgIpc) is 2.67. The monoisotopic (exact) mass is 276 g/mol. The third-order valence-electron chi connectivity index (χ3n) is 2.72. The summed E-state index contributed by atoms with van der Waals surface area (Å²) in [6.45, 7) is 3.78. The first-order valence-corrected chi connectivity index (χ1v) is 6.38. The van der Waals surface area contributed by atoms with E-state index in [2.05, 4.69) is 4.98 Å². The van der Waals surface area contributed by atoms with Crippen molar-refractivity contribution in [3.8, 4) is 6.07 Å². The summed E-state index contributed by atoms with van der Waals surface area (Å²) < 4.78 is 4.97. The van der Waals surface area contributed by atoms with Crippen molar-refractivity contribution in [2.75, 3.05) is 18.1 Å². The van der Waals surface area contributed by atoms with Gasteiger partial charge in [-0.25, -0.2) is 9.78 Å². The molecule has 0 spiro atoms. The average molecular weight is 276 g/mol. The molecule has 0 unspecified atom stereocenters. The summed E-state index contributed by atoms with van der Waals surface area (Å²) in [6.07, 6.45) is 0. The molecule has 6 nitrogen and oxygen atoms in total. The number of nitrogens with zero attached hydrogens (tertiary/aromatic N) is 2. The van der Waals surface area contributed by atoms with Crippen LogP contribution in [0.1, 0.15) is 27.7 Å². The van der Waals surface area contributed by atoms with E-state index in [1.807, 2.05) is 6.07 Å². The molecule has 0 atom stereocenters. The maximum Gasteiger partial charge on any atom is 0.348 e. The van der Waals surface area contributed by atoms with Crippen molar-refractivity contribution in [2.45, 2.75) is 13.8 Å². The summed E-state index contributed by atoms with van der Waals surface area (Å²) >= 11 is 1.16. The van der Waals surface area contributed by atoms with Gasteiger partial charge in [0, 0.05) is 5.39 Å². The van der Waals surface area contributed by atoms with Gasteiger partial charge in [-0.2, -0.15) is 5.26 Å². The molecule has 2 aromatic rings. The molecule has 0 fully saturated rings. The van der Waals surface area contributed by atoms with E-state index in [9.17, 15) is 4.79 Å². The van der Waals surface area contributed by atoms with Gasteiger partial charge in [0.2, 0.25) is 0 Å². The lowest BCUT2D eigenvalue weighted by Crippen LogP contribution is -2.04. The van der Waals surface area contributed by atoms with Crippen molar-refractivity contribution in [1.82, 2.24) is 4.98 Å². The summed E-state index contributed by atoms with van der Waals surface area (Å²) in [7, 11) is 0. The van der Waals surface area contributed by atoms with Crippen LogP contribution in [-0.4, -0.2) is 17.6 Å². The molecule has 0 aliphatic rings. The number of anilines is 2. The van der Waals surface area contributed by atoms with Gasteiger partial charge in [-0.3, -0.25) is 0 Å². The molecule has 0 bridgehead atoms. The summed E-state index contributed by atoms with van der Waals surface area (Å²) in [4.78, 5) is 16.9. The van der Waals surface area contributed by atoms with Gasteiger partial charge in [-0.05, 0) is 19.4 Å². The molecule has 0 saturated heterocycles. The Morgan fingerprint density at radius 3 is 2.79 bits per heavy atom. The fraction of sp³-hybridized carbons (Fsp3) is 0.250. The molecule has 0 aliphatic heterocycles. The number of esters is 1. The lowest BCUT2D eigenvalue weighted by atomic mass is 10.1. The number of hydrogen-bond donors (Lipinski definition) is 2. The number of nitriles is 1. The second-order valence-corrected chi connectivity index (χ2v) is 4.85. The molecule has 0 radical (unpaired) electrons. The highest BCUT2D eigenvalue weighted by Gasteiger charge is 2.21. The molecule has 19 heavy (non-hydrogen) atoms. The Morgan fingerprint density at radius 2 is 2.21 bits per heavy atom. The Morgan fingerprint density at radius 1 is 1.53 bits per heavy atom. The zero-order chi connectivity index (χ0) is 14.2. The molecular weight excluding hydrogens is 264 g/mol. The largest absolute Gasteiger partial charge is 0.462 e. The topological polar surface area (TPSA) is 115 Å². The lowest BCUT2D eigenvalue weighted by molar-refractivity contribution is 0.0531. The van der Waals surface area contributed by atoms with E-state index < -0.39 is 5.97 Å². The van der Waals surface area contributed by atoms with E-state index in [1.165, 1.54) is 0 Å². The Hall–Kier alpha value is -2.33. The Kier molecular flexibility index (Phi) is 3.27. The number of carbonyl (C=O) groups is 1. The molecule has 2 heterocycles. The summed E-state index contributed by atoms with van der Waals surface area (Å²) in [5.74, 6) is -0.344. The first-order valence-electron chi connectivity index (χ1n) is 5.56. The van der Waals surface area contributed by atoms with E-state index in [0.717, 1.165) is 11.3 Å². The van der Waals surface area contributed by atoms with Crippen LogP contribution in [0, 0.1) is 18.3 Å². The van der Waals surface area contributed by atoms with Crippen molar-refractivity contribution in [3.05, 3.63) is 16.0 Å². The minimum atomic E-state index is -0.417. The van der Waals surface area contributed by atoms with Crippen molar-refractivity contribution >= 4 is 39.0 Å². The highest BCUT2D eigenvalue weighted by Crippen LogP contribution is 2.36. The Balaban J connectivity index is 2.75. The first-order chi connectivity index (χ1) is 9.01. The Labute approximate surface area is 113 Å². The highest BCUT2D eigenvalue weighted by molar-refractivity contribution is 7.20. The van der Waals surface area contributed by atoms with Gasteiger partial charge in [0.1, 0.15) is 27.2 Å². The number of rotatable bonds is 2. The molecular formula is C12H12N4O2S. The number of pyridine rings is 1. The van der Waals surface area contributed by atoms with Gasteiger partial charge in [0.25, 0.3) is 0 Å². The van der Waals surface area contributed by atoms with Crippen molar-refractivity contribution < 1.29 is 9.53 Å². The zero-order valence-corrected chi connectivity index (χ0v) is 11.3. The number of hydrogen-bond acceptors (Lipinski definition) is 7. The van der Waals surface area contributed by atoms with Gasteiger partial charge < -0.3 is 16.2 Å². The number of carbonyl (C=O) groups excluding carboxylic acids is 1. The number of nitrogen functional groups attached to an aromatic ring is 2. The highest BCUT2D eigenvalue weighted by atomic mass is 32.1. The minimum absolute atomic E-state index is 0.0733. The fourth-order valence-corrected chi connectivity index (χ4v) is 2.93. The van der Waals surface area contributed by atoms with E-state index in [1.54, 1.807) is 13.8 Å². The quantitative estimate of drug-likeness (QED) is 0.808. The normalized spacial score (nSPS) is 10.4. The minimum Gasteiger partial charge on any atom is -0.462 e. The number of aromatic nitrogens is 1. The van der Waals surface area contributed by atoms with Crippen molar-refractivity contribution in [2.24, 2.45) is 0 Å². The molecule has 0 amide bonds. The standard InChI is InChI=1S/C12H12N4O2S/c1-3-18-12(17)9-5(2)7-8(14)6(4-13)10(15)16-11(7)19-9/h3H2,1-2H3,(H4,14,15,16). The molecule has 0 aliphatic carbocycles. The second-order valence-electron chi connectivity index (χ2n) is 3.85. The van der Waals surface area contributed by atoms with Gasteiger partial charge in [-0.1, -0.05) is 0 Å². The van der Waals surface area contributed by atoms with E-state index in [-0.39, 0.29) is 17.1 Å². The first kappa shape index (κ1) is 13.1. The van der Waals surface area contributed by atoms with Crippen molar-refractivity contribution in [1.29, 1.82) is 5.26 Å². The van der Waals surface area contributed by atoms with Gasteiger partial charge >= 0.3 is 5.97 Å². The Bertz CT molecular complexity index is 715. The smallest absolute Gasteiger partial charge is 0.348 e. The van der Waals surface area contributed by atoms with Crippen LogP contribution in [0.15, 0.2) is 0 Å². The third kappa shape index (κ3) is 1.96. The summed E-state index contributed by atoms with van der Waals surface area (Å²) in [5, 5.41) is 9.61. The predicted octanol–water partition coefficient (Wildman–Crippen LogP) is 1.82. The summed E-state index contributed by atoms with van der Waals surface area (Å²) in [6, 6.07) is 1.92. The van der Waals surface area contributed by atoms with Crippen LogP contribution >= 0.6 is 11.3 Å². The molecule has 0 saturated carbocycles. The fourth-order valence-electron chi connectivity index (χ4n) is 1.83. The number of aryl methyl sites for hydroxylation is 1. The predicted molar refractivity (Wildman–Crippen MR) is 73.9 cm³/mol. The maximum atomic E-state index is 11.8. The molecule has 2 rings (SSSR count). The van der Waals surface area contributed by atoms with Crippen LogP contribution in [0.3, 0.4) is 0 Å². The van der Waals surface area contributed by atoms with Gasteiger partial charge in [-0.15, -0.1) is 11.3 Å². The third-order valence-corrected chi connectivity index (χ3v) is 3.88. The number of fused-ring (bicyclic) bond motifs is 1. The molecule has 2 aromatic heterocycles. The van der Waals surface area contributed by atoms with Crippen LogP contribution < -0.4 is 11.5 Å². The van der Waals surface area contributed by atoms with Crippen LogP contribution in [0.5, 0.6) is 0 Å². The van der Waals surface area contributed by atoms with Crippen LogP contribution in [-0.2, 0) is 4.74 Å². The second kappa shape index (κ2) is 4.74. The van der Waals surface area contributed by atoms with E-state index >= 15 is 0 Å². The SMILES string of the molecule is CCOC(=O)c1sc2nc(N)c(C#N)c(N)c2c1C. The van der Waals surface area contributed by atoms with Crippen LogP contribution in [0.2, 0.25) is 0 Å². The van der Waals surface area contributed by atoms with Crippen LogP contribution in [0.25, 0.3) is 10.2 Å². The lowest BCUT2D eigenvalue weighted by Gasteiger charge is -2.03. The molecule has 4 N–H and O–H groups in total. The number of thiophene rings is 1. The number of ether oxygens (including phenoxy) is 1. The number of nitrogens with two attached hydrogens (primary N) is 2. The van der Waals surface area contributed by atoms with Gasteiger partial charge in [0.15, 0.2) is 0 Å². The molecule has 98 valence electrons. The van der Waals surface area contributed by atoms with E-state index in [0.29, 0.717) is 27.3 Å². The van der Waals surface area contributed by atoms with Crippen molar-refractivity contribution in [3.63, 3.8) is 0 Å². The van der Waals surface area contributed by atoms with Crippen LogP contribution in [0.4, 0.5) is 11.5 Å².